The number of rotatable bonds is 7. The number of anilines is 1. The lowest BCUT2D eigenvalue weighted by Gasteiger charge is -2.14. The molecule has 27 heavy (non-hydrogen) atoms. The predicted octanol–water partition coefficient (Wildman–Crippen LogP) is 2.56. The van der Waals surface area contributed by atoms with Gasteiger partial charge in [0.25, 0.3) is 5.91 Å². The van der Waals surface area contributed by atoms with E-state index in [9.17, 15) is 18.0 Å². The van der Waals surface area contributed by atoms with Crippen LogP contribution in [0, 0.1) is 0 Å². The zero-order chi connectivity index (χ0) is 20.0. The van der Waals surface area contributed by atoms with Gasteiger partial charge in [-0.15, -0.1) is 0 Å². The first-order valence-electron chi connectivity index (χ1n) is 8.38. The number of nitrogens with one attached hydrogen (secondary N) is 2. The van der Waals surface area contributed by atoms with Crippen LogP contribution in [0.4, 0.5) is 5.69 Å². The Bertz CT molecular complexity index is 911. The zero-order valence-electron chi connectivity index (χ0n) is 15.3. The third-order valence-electron chi connectivity index (χ3n) is 3.47. The van der Waals surface area contributed by atoms with Gasteiger partial charge in [-0.3, -0.25) is 4.79 Å². The summed E-state index contributed by atoms with van der Waals surface area (Å²) < 4.78 is 32.0. The predicted molar refractivity (Wildman–Crippen MR) is 102 cm³/mol. The van der Waals surface area contributed by atoms with Crippen molar-refractivity contribution in [1.82, 2.24) is 4.72 Å². The zero-order valence-corrected chi connectivity index (χ0v) is 16.1. The molecule has 2 aromatic carbocycles. The Kier molecular flexibility index (Phi) is 6.70. The molecular weight excluding hydrogens is 368 g/mol. The number of para-hydroxylation sites is 1. The summed E-state index contributed by atoms with van der Waals surface area (Å²) >= 11 is 0. The Labute approximate surface area is 158 Å². The molecule has 1 amide bonds. The van der Waals surface area contributed by atoms with Crippen molar-refractivity contribution in [2.45, 2.75) is 37.8 Å². The summed E-state index contributed by atoms with van der Waals surface area (Å²) in [6.45, 7) is 4.84. The molecule has 2 rings (SSSR count). The summed E-state index contributed by atoms with van der Waals surface area (Å²) in [5.41, 5.74) is 0.624. The van der Waals surface area contributed by atoms with Gasteiger partial charge in [0.05, 0.1) is 10.5 Å². The molecule has 7 nitrogen and oxygen atoms in total. The number of ether oxygens (including phenoxy) is 1. The Balaban J connectivity index is 2.07. The number of sulfonamides is 1. The largest absolute Gasteiger partial charge is 0.449 e. The molecule has 0 aliphatic carbocycles. The molecule has 8 heteroatoms. The second kappa shape index (κ2) is 8.79. The normalized spacial score (nSPS) is 12.4. The molecule has 2 aromatic rings. The van der Waals surface area contributed by atoms with E-state index in [1.165, 1.54) is 31.2 Å². The number of amides is 1. The highest BCUT2D eigenvalue weighted by Crippen LogP contribution is 2.14. The van der Waals surface area contributed by atoms with Crippen LogP contribution in [0.25, 0.3) is 0 Å². The van der Waals surface area contributed by atoms with Crippen LogP contribution in [0.15, 0.2) is 59.5 Å². The van der Waals surface area contributed by atoms with Crippen molar-refractivity contribution in [3.63, 3.8) is 0 Å². The van der Waals surface area contributed by atoms with Crippen molar-refractivity contribution < 1.29 is 22.7 Å². The second-order valence-corrected chi connectivity index (χ2v) is 7.92. The maximum Gasteiger partial charge on any atom is 0.338 e. The van der Waals surface area contributed by atoms with E-state index in [1.54, 1.807) is 38.1 Å². The molecule has 0 spiro atoms. The molecule has 0 unspecified atom stereocenters. The monoisotopic (exact) mass is 390 g/mol. The number of hydrogen-bond acceptors (Lipinski definition) is 5. The summed E-state index contributed by atoms with van der Waals surface area (Å²) in [5, 5.41) is 2.63. The van der Waals surface area contributed by atoms with Crippen molar-refractivity contribution >= 4 is 27.6 Å². The topological polar surface area (TPSA) is 102 Å². The average Bonchev–Trinajstić information content (AvgIpc) is 2.61. The van der Waals surface area contributed by atoms with Gasteiger partial charge in [0.1, 0.15) is 0 Å². The fourth-order valence-corrected chi connectivity index (χ4v) is 3.51. The number of carbonyl (C=O) groups excluding carboxylic acids is 2. The molecule has 0 aliphatic rings. The lowest BCUT2D eigenvalue weighted by molar-refractivity contribution is -0.123. The van der Waals surface area contributed by atoms with Crippen LogP contribution in [0.1, 0.15) is 31.1 Å². The maximum atomic E-state index is 12.3. The molecule has 0 bridgehead atoms. The van der Waals surface area contributed by atoms with Gasteiger partial charge in [-0.2, -0.15) is 0 Å². The lowest BCUT2D eigenvalue weighted by Crippen LogP contribution is -2.31. The van der Waals surface area contributed by atoms with E-state index in [0.717, 1.165) is 0 Å². The highest BCUT2D eigenvalue weighted by molar-refractivity contribution is 7.89. The summed E-state index contributed by atoms with van der Waals surface area (Å²) in [7, 11) is -3.74. The SMILES string of the molecule is CC(C)NS(=O)(=O)c1cccc(C(=O)O[C@H](C)C(=O)Nc2ccccc2)c1. The van der Waals surface area contributed by atoms with Gasteiger partial charge < -0.3 is 10.1 Å². The van der Waals surface area contributed by atoms with Crippen LogP contribution in [0.5, 0.6) is 0 Å². The van der Waals surface area contributed by atoms with Crippen LogP contribution >= 0.6 is 0 Å². The molecule has 144 valence electrons. The molecule has 0 radical (unpaired) electrons. The molecule has 2 N–H and O–H groups in total. The van der Waals surface area contributed by atoms with E-state index in [2.05, 4.69) is 10.0 Å². The van der Waals surface area contributed by atoms with E-state index in [-0.39, 0.29) is 16.5 Å². The van der Waals surface area contributed by atoms with Crippen molar-refractivity contribution in [2.24, 2.45) is 0 Å². The van der Waals surface area contributed by atoms with Crippen molar-refractivity contribution in [3.8, 4) is 0 Å². The fraction of sp³-hybridized carbons (Fsp3) is 0.263. The minimum absolute atomic E-state index is 0.0426. The molecule has 0 aliphatic heterocycles. The molecule has 0 heterocycles. The van der Waals surface area contributed by atoms with Gasteiger partial charge in [-0.05, 0) is 51.1 Å². The molecule has 1 atom stereocenters. The minimum Gasteiger partial charge on any atom is -0.449 e. The number of benzene rings is 2. The van der Waals surface area contributed by atoms with Crippen molar-refractivity contribution in [2.75, 3.05) is 5.32 Å². The number of carbonyl (C=O) groups is 2. The first kappa shape index (κ1) is 20.6. The maximum absolute atomic E-state index is 12.3. The summed E-state index contributed by atoms with van der Waals surface area (Å²) in [5.74, 6) is -1.27. The molecule has 0 saturated carbocycles. The highest BCUT2D eigenvalue weighted by Gasteiger charge is 2.21. The quantitative estimate of drug-likeness (QED) is 0.708. The lowest BCUT2D eigenvalue weighted by atomic mass is 10.2. The van der Waals surface area contributed by atoms with Gasteiger partial charge in [-0.25, -0.2) is 17.9 Å². The van der Waals surface area contributed by atoms with Crippen LogP contribution in [0.3, 0.4) is 0 Å². The summed E-state index contributed by atoms with van der Waals surface area (Å²) in [6, 6.07) is 14.0. The van der Waals surface area contributed by atoms with E-state index in [1.807, 2.05) is 6.07 Å². The average molecular weight is 390 g/mol. The van der Waals surface area contributed by atoms with Crippen molar-refractivity contribution in [3.05, 3.63) is 60.2 Å². The molecular formula is C19H22N2O5S. The minimum atomic E-state index is -3.74. The Morgan fingerprint density at radius 1 is 0.963 bits per heavy atom. The Morgan fingerprint density at radius 2 is 1.63 bits per heavy atom. The van der Waals surface area contributed by atoms with E-state index in [4.69, 9.17) is 4.74 Å². The molecule has 0 fully saturated rings. The summed E-state index contributed by atoms with van der Waals surface area (Å²) in [4.78, 5) is 24.4. The van der Waals surface area contributed by atoms with Crippen LogP contribution in [-0.4, -0.2) is 32.4 Å². The third-order valence-corrected chi connectivity index (χ3v) is 5.12. The van der Waals surface area contributed by atoms with Gasteiger partial charge >= 0.3 is 5.97 Å². The first-order chi connectivity index (χ1) is 12.7. The second-order valence-electron chi connectivity index (χ2n) is 6.21. The number of esters is 1. The van der Waals surface area contributed by atoms with Crippen LogP contribution in [0.2, 0.25) is 0 Å². The van der Waals surface area contributed by atoms with Crippen LogP contribution in [-0.2, 0) is 19.6 Å². The van der Waals surface area contributed by atoms with E-state index >= 15 is 0 Å². The number of hydrogen-bond donors (Lipinski definition) is 2. The molecule has 0 saturated heterocycles. The van der Waals surface area contributed by atoms with Gasteiger partial charge in [0, 0.05) is 11.7 Å². The van der Waals surface area contributed by atoms with E-state index < -0.39 is 28.0 Å². The Hall–Kier alpha value is -2.71. The fourth-order valence-electron chi connectivity index (χ4n) is 2.22. The van der Waals surface area contributed by atoms with Gasteiger partial charge in [0.2, 0.25) is 10.0 Å². The van der Waals surface area contributed by atoms with Gasteiger partial charge in [0.15, 0.2) is 6.10 Å². The van der Waals surface area contributed by atoms with Crippen molar-refractivity contribution in [1.29, 1.82) is 0 Å². The van der Waals surface area contributed by atoms with E-state index in [0.29, 0.717) is 5.69 Å². The highest BCUT2D eigenvalue weighted by atomic mass is 32.2. The first-order valence-corrected chi connectivity index (χ1v) is 9.86. The van der Waals surface area contributed by atoms with Crippen LogP contribution < -0.4 is 10.0 Å². The smallest absolute Gasteiger partial charge is 0.338 e. The Morgan fingerprint density at radius 3 is 2.26 bits per heavy atom. The molecule has 0 aromatic heterocycles. The third kappa shape index (κ3) is 5.90. The standard InChI is InChI=1S/C19H22N2O5S/c1-13(2)21-27(24,25)17-11-7-8-15(12-17)19(23)26-14(3)18(22)20-16-9-5-4-6-10-16/h4-14,21H,1-3H3,(H,20,22)/t14-/m1/s1. The summed E-state index contributed by atoms with van der Waals surface area (Å²) in [6.07, 6.45) is -1.05. The van der Waals surface area contributed by atoms with Gasteiger partial charge in [-0.1, -0.05) is 24.3 Å².